The van der Waals surface area contributed by atoms with Gasteiger partial charge >= 0.3 is 5.17 Å². The summed E-state index contributed by atoms with van der Waals surface area (Å²) in [4.78, 5) is 3.45. The van der Waals surface area contributed by atoms with Crippen LogP contribution >= 0.6 is 23.4 Å². The number of hydrogen-bond donors (Lipinski definition) is 2. The molecule has 0 unspecified atom stereocenters. The van der Waals surface area contributed by atoms with Crippen molar-refractivity contribution in [1.82, 2.24) is 0 Å². The van der Waals surface area contributed by atoms with Crippen molar-refractivity contribution >= 4 is 39.9 Å². The van der Waals surface area contributed by atoms with Crippen LogP contribution in [-0.4, -0.2) is 5.17 Å². The van der Waals surface area contributed by atoms with Gasteiger partial charge in [-0.2, -0.15) is 0 Å². The number of halogens is 1. The molecule has 0 aromatic heterocycles. The summed E-state index contributed by atoms with van der Waals surface area (Å²) < 4.78 is 0. The van der Waals surface area contributed by atoms with E-state index in [-0.39, 0.29) is 0 Å². The van der Waals surface area contributed by atoms with Crippen molar-refractivity contribution in [2.75, 3.05) is 5.32 Å². The summed E-state index contributed by atoms with van der Waals surface area (Å²) in [5.74, 6) is 0.853. The maximum absolute atomic E-state index is 5.95. The van der Waals surface area contributed by atoms with Crippen LogP contribution in [0.4, 0.5) is 11.4 Å². The number of nitrogens with one attached hydrogen (secondary N) is 2. The predicted octanol–water partition coefficient (Wildman–Crippen LogP) is 4.45. The van der Waals surface area contributed by atoms with Crippen LogP contribution < -0.4 is 10.3 Å². The Kier molecular flexibility index (Phi) is 5.94. The second-order valence-corrected chi connectivity index (χ2v) is 6.65. The lowest BCUT2D eigenvalue weighted by Crippen LogP contribution is -2.67. The van der Waals surface area contributed by atoms with Crippen molar-refractivity contribution in [1.29, 1.82) is 0 Å². The molecule has 0 spiro atoms. The van der Waals surface area contributed by atoms with Crippen LogP contribution in [-0.2, 0) is 5.75 Å². The number of anilines is 1. The first kappa shape index (κ1) is 16.6. The summed E-state index contributed by atoms with van der Waals surface area (Å²) in [5.41, 5.74) is 3.34. The molecule has 0 heterocycles. The standard InChI is InChI=1S/C20H17ClN2S/c21-17-13-11-16(12-14-17)15-24-20(22-18-7-3-1-4-8-18)23-19-9-5-2-6-10-19/h1-14H,15H2,(H,22,23)/p+1. The van der Waals surface area contributed by atoms with Crippen molar-refractivity contribution < 1.29 is 4.99 Å². The Labute approximate surface area is 151 Å². The van der Waals surface area contributed by atoms with E-state index in [0.717, 1.165) is 27.3 Å². The van der Waals surface area contributed by atoms with Crippen molar-refractivity contribution in [2.24, 2.45) is 0 Å². The number of rotatable bonds is 4. The quantitative estimate of drug-likeness (QED) is 0.535. The smallest absolute Gasteiger partial charge is 0.235 e. The third-order valence-corrected chi connectivity index (χ3v) is 4.58. The molecule has 3 aromatic carbocycles. The largest absolute Gasteiger partial charge is 0.314 e. The zero-order valence-electron chi connectivity index (χ0n) is 13.1. The predicted molar refractivity (Wildman–Crippen MR) is 105 cm³/mol. The Balaban J connectivity index is 1.76. The third kappa shape index (κ3) is 5.15. The molecule has 0 fully saturated rings. The molecule has 2 nitrogen and oxygen atoms in total. The van der Waals surface area contributed by atoms with Crippen LogP contribution in [0.1, 0.15) is 5.56 Å². The molecule has 0 aliphatic heterocycles. The summed E-state index contributed by atoms with van der Waals surface area (Å²) in [6.45, 7) is 0. The minimum absolute atomic E-state index is 0.762. The van der Waals surface area contributed by atoms with Crippen molar-refractivity contribution in [3.8, 4) is 0 Å². The first-order valence-electron chi connectivity index (χ1n) is 7.68. The maximum atomic E-state index is 5.95. The molecule has 0 saturated heterocycles. The van der Waals surface area contributed by atoms with Gasteiger partial charge < -0.3 is 0 Å². The molecule has 4 heteroatoms. The maximum Gasteiger partial charge on any atom is 0.314 e. The van der Waals surface area contributed by atoms with Gasteiger partial charge in [0.25, 0.3) is 0 Å². The molecular weight excluding hydrogens is 336 g/mol. The summed E-state index contributed by atoms with van der Waals surface area (Å²) in [7, 11) is 0. The van der Waals surface area contributed by atoms with Gasteiger partial charge in [-0.1, -0.05) is 60.1 Å². The SMILES string of the molecule is Clc1ccc(CSC(Nc2ccccc2)=[NH+]c2ccccc2)cc1. The number of hydrogen-bond acceptors (Lipinski definition) is 1. The van der Waals surface area contributed by atoms with E-state index in [4.69, 9.17) is 11.6 Å². The molecule has 24 heavy (non-hydrogen) atoms. The summed E-state index contributed by atoms with van der Waals surface area (Å²) in [6.07, 6.45) is 0. The molecule has 0 amide bonds. The van der Waals surface area contributed by atoms with Crippen LogP contribution in [0.25, 0.3) is 0 Å². The molecule has 0 saturated carbocycles. The van der Waals surface area contributed by atoms with Gasteiger partial charge in [0.15, 0.2) is 0 Å². The molecular formula is C20H18ClN2S+. The number of thioether (sulfide) groups is 1. The van der Waals surface area contributed by atoms with E-state index in [2.05, 4.69) is 46.7 Å². The average Bonchev–Trinajstić information content (AvgIpc) is 2.63. The first-order chi connectivity index (χ1) is 11.8. The fourth-order valence-corrected chi connectivity index (χ4v) is 3.15. The Morgan fingerprint density at radius 3 is 2.12 bits per heavy atom. The van der Waals surface area contributed by atoms with Gasteiger partial charge in [0, 0.05) is 10.8 Å². The normalized spacial score (nSPS) is 11.3. The van der Waals surface area contributed by atoms with Gasteiger partial charge in [-0.25, -0.2) is 10.3 Å². The number of para-hydroxylation sites is 2. The topological polar surface area (TPSA) is 26.0 Å². The monoisotopic (exact) mass is 353 g/mol. The molecule has 120 valence electrons. The molecule has 0 radical (unpaired) electrons. The van der Waals surface area contributed by atoms with Gasteiger partial charge in [-0.15, -0.1) is 0 Å². The molecule has 2 N–H and O–H groups in total. The third-order valence-electron chi connectivity index (χ3n) is 3.36. The fraction of sp³-hybridized carbons (Fsp3) is 0.0500. The van der Waals surface area contributed by atoms with E-state index in [1.165, 1.54) is 5.56 Å². The van der Waals surface area contributed by atoms with E-state index in [1.54, 1.807) is 11.8 Å². The van der Waals surface area contributed by atoms with Crippen molar-refractivity contribution in [3.63, 3.8) is 0 Å². The molecule has 0 atom stereocenters. The second-order valence-electron chi connectivity index (χ2n) is 5.23. The Hall–Kier alpha value is -2.23. The van der Waals surface area contributed by atoms with Gasteiger partial charge in [0.2, 0.25) is 0 Å². The zero-order chi connectivity index (χ0) is 16.6. The van der Waals surface area contributed by atoms with Crippen LogP contribution in [0.3, 0.4) is 0 Å². The highest BCUT2D eigenvalue weighted by Crippen LogP contribution is 2.17. The molecule has 0 aliphatic rings. The highest BCUT2D eigenvalue weighted by molar-refractivity contribution is 8.13. The highest BCUT2D eigenvalue weighted by atomic mass is 35.5. The van der Waals surface area contributed by atoms with Crippen LogP contribution in [0.5, 0.6) is 0 Å². The Morgan fingerprint density at radius 2 is 1.46 bits per heavy atom. The minimum Gasteiger partial charge on any atom is -0.235 e. The average molecular weight is 354 g/mol. The van der Waals surface area contributed by atoms with E-state index in [1.807, 2.05) is 48.5 Å². The first-order valence-corrected chi connectivity index (χ1v) is 9.04. The van der Waals surface area contributed by atoms with Gasteiger partial charge in [0.1, 0.15) is 11.4 Å². The molecule has 3 rings (SSSR count). The number of benzene rings is 3. The van der Waals surface area contributed by atoms with Gasteiger partial charge in [-0.3, -0.25) is 0 Å². The summed E-state index contributed by atoms with van der Waals surface area (Å²) in [6, 6.07) is 28.3. The molecule has 0 aliphatic carbocycles. The van der Waals surface area contributed by atoms with E-state index >= 15 is 0 Å². The van der Waals surface area contributed by atoms with E-state index < -0.39 is 0 Å². The molecule has 3 aromatic rings. The second kappa shape index (κ2) is 8.57. The van der Waals surface area contributed by atoms with Gasteiger partial charge in [0.05, 0.1) is 0 Å². The fourth-order valence-electron chi connectivity index (χ4n) is 2.14. The summed E-state index contributed by atoms with van der Waals surface area (Å²) >= 11 is 7.67. The Bertz CT molecular complexity index is 787. The lowest BCUT2D eigenvalue weighted by Gasteiger charge is -2.04. The van der Waals surface area contributed by atoms with Crippen LogP contribution in [0.15, 0.2) is 84.9 Å². The Morgan fingerprint density at radius 1 is 0.833 bits per heavy atom. The summed E-state index contributed by atoms with van der Waals surface area (Å²) in [5, 5.41) is 5.20. The van der Waals surface area contributed by atoms with E-state index in [9.17, 15) is 0 Å². The number of amidine groups is 1. The van der Waals surface area contributed by atoms with Crippen LogP contribution in [0.2, 0.25) is 5.02 Å². The lowest BCUT2D eigenvalue weighted by atomic mass is 10.2. The zero-order valence-corrected chi connectivity index (χ0v) is 14.6. The van der Waals surface area contributed by atoms with Crippen molar-refractivity contribution in [3.05, 3.63) is 95.5 Å². The van der Waals surface area contributed by atoms with Crippen molar-refractivity contribution in [2.45, 2.75) is 5.75 Å². The highest BCUT2D eigenvalue weighted by Gasteiger charge is 2.10. The minimum atomic E-state index is 0.762. The van der Waals surface area contributed by atoms with E-state index in [0.29, 0.717) is 0 Å². The molecule has 0 bridgehead atoms. The lowest BCUT2D eigenvalue weighted by molar-refractivity contribution is -0.349. The van der Waals surface area contributed by atoms with Gasteiger partial charge in [-0.05, 0) is 53.7 Å². The van der Waals surface area contributed by atoms with Crippen LogP contribution in [0, 0.1) is 0 Å².